The lowest BCUT2D eigenvalue weighted by Crippen LogP contribution is -2.34. The van der Waals surface area contributed by atoms with Crippen molar-refractivity contribution in [3.8, 4) is 11.8 Å². The molecule has 0 radical (unpaired) electrons. The number of H-pyrrole nitrogens is 2. The molecule has 0 bridgehead atoms. The summed E-state index contributed by atoms with van der Waals surface area (Å²) in [5, 5.41) is 30.2. The second-order valence-corrected chi connectivity index (χ2v) is 28.1. The number of nitrogens with zero attached hydrogens (tertiary/aromatic N) is 6. The van der Waals surface area contributed by atoms with Gasteiger partial charge in [-0.2, -0.15) is 39.5 Å². The van der Waals surface area contributed by atoms with E-state index in [1.165, 1.54) is 41.0 Å². The molecule has 0 spiro atoms. The molecule has 20 rings (SSSR count). The highest BCUT2D eigenvalue weighted by Gasteiger charge is 2.36. The first-order valence-corrected chi connectivity index (χ1v) is 35.1. The summed E-state index contributed by atoms with van der Waals surface area (Å²) >= 11 is 0. The fourth-order valence-electron chi connectivity index (χ4n) is 16.6. The fourth-order valence-corrected chi connectivity index (χ4v) is 16.6. The van der Waals surface area contributed by atoms with E-state index in [-0.39, 0.29) is 120 Å². The summed E-state index contributed by atoms with van der Waals surface area (Å²) in [5.41, 5.74) is 0.109. The van der Waals surface area contributed by atoms with E-state index >= 15 is 0 Å². The van der Waals surface area contributed by atoms with E-state index in [4.69, 9.17) is 9.97 Å². The number of nitrogens with one attached hydrogen (secondary N) is 2. The molecule has 546 valence electrons. The molecule has 4 N–H and O–H groups in total. The molecule has 0 saturated heterocycles. The maximum atomic E-state index is 14.9. The van der Waals surface area contributed by atoms with Gasteiger partial charge in [0, 0.05) is 88.8 Å². The van der Waals surface area contributed by atoms with Crippen LogP contribution in [0.4, 0.5) is 39.5 Å². The van der Waals surface area contributed by atoms with Crippen molar-refractivity contribution in [2.24, 2.45) is 0 Å². The number of halogens is 9. The molecule has 0 saturated carbocycles. The lowest BCUT2D eigenvalue weighted by atomic mass is 9.90. The number of hydrogen-bond donors (Lipinski definition) is 4. The normalized spacial score (nSPS) is 12.7. The third-order valence-electron chi connectivity index (χ3n) is 21.8. The molecule has 8 heterocycles. The first-order valence-electron chi connectivity index (χ1n) is 35.1. The highest BCUT2D eigenvalue weighted by atomic mass is 19.4. The van der Waals surface area contributed by atoms with Crippen LogP contribution in [0.15, 0.2) is 223 Å². The number of benzene rings is 12. The Morgan fingerprint density at radius 3 is 1.07 bits per heavy atom. The van der Waals surface area contributed by atoms with Crippen molar-refractivity contribution in [3.63, 3.8) is 0 Å². The second kappa shape index (κ2) is 24.1. The van der Waals surface area contributed by atoms with Gasteiger partial charge in [0.1, 0.15) is 0 Å². The van der Waals surface area contributed by atoms with Gasteiger partial charge < -0.3 is 20.2 Å². The third-order valence-corrected chi connectivity index (χ3v) is 21.8. The van der Waals surface area contributed by atoms with Crippen LogP contribution >= 0.6 is 0 Å². The maximum absolute atomic E-state index is 14.9. The fraction of sp³-hybridized carbons (Fsp3) is 0.116. The number of alkyl halides is 9. The van der Waals surface area contributed by atoms with Gasteiger partial charge >= 0.3 is 18.5 Å². The summed E-state index contributed by atoms with van der Waals surface area (Å²) in [6.07, 6.45) is -13.5. The second-order valence-electron chi connectivity index (χ2n) is 28.1. The number of aromatic hydroxyl groups is 2. The smallest absolute Gasteiger partial charge is 0.416 e. The van der Waals surface area contributed by atoms with Gasteiger partial charge in [-0.15, -0.1) is 0 Å². The standard InChI is InChI=1S/C44H26F6N4O4.C42H25F3N4O4/c45-43(46,47)23-13-9-21(10-14-23)17-19-53-39(55)33-29-25-5-1-3-7-27(25)51-37(29)35-32-31(33)36(42(53)58)38-30(26-6-2-4-8-28(26)52-38)34(32)40(56)54(41(35)57)20-18-22-11-15-24(16-12-22)44(48,49)50;1-20-10-12-21(13-11-20)18-48-38(50)32-28-24-6-2-4-8-26(24)47-37(28)35-31-30(32)34(40(48)52)36-29(25-7-3-5-9-27(25)46-36)33(31)39(51)49(41(35)53)19-22-14-16-23(17-15-22)42(43,44)45/h1-16,51,58H,17-20H2;2-17,46,53H,18-19H2,1H3. The van der Waals surface area contributed by atoms with E-state index in [0.717, 1.165) is 61.2 Å². The van der Waals surface area contributed by atoms with Gasteiger partial charge in [-0.1, -0.05) is 139 Å². The minimum absolute atomic E-state index is 0.00508. The zero-order chi connectivity index (χ0) is 76.9. The average Bonchev–Trinajstić information content (AvgIpc) is 1.62. The van der Waals surface area contributed by atoms with E-state index in [2.05, 4.69) is 9.97 Å². The molecule has 25 heteroatoms. The van der Waals surface area contributed by atoms with Gasteiger partial charge in [-0.3, -0.25) is 47.0 Å². The molecule has 0 unspecified atom stereocenters. The number of aromatic nitrogens is 8. The lowest BCUT2D eigenvalue weighted by Gasteiger charge is -2.19. The zero-order valence-electron chi connectivity index (χ0n) is 57.6. The predicted octanol–water partition coefficient (Wildman–Crippen LogP) is 17.4. The molecular formula is C86H51F9N8O8. The minimum atomic E-state index is -4.55. The van der Waals surface area contributed by atoms with Crippen molar-refractivity contribution >= 4 is 152 Å². The number of pyridine rings is 4. The molecule has 0 amide bonds. The zero-order valence-corrected chi connectivity index (χ0v) is 57.6. The summed E-state index contributed by atoms with van der Waals surface area (Å²) in [4.78, 5) is 106. The van der Waals surface area contributed by atoms with Crippen LogP contribution in [-0.2, 0) is 57.5 Å². The summed E-state index contributed by atoms with van der Waals surface area (Å²) in [6.45, 7) is 1.36. The Hall–Kier alpha value is -13.7. The summed E-state index contributed by atoms with van der Waals surface area (Å²) < 4.78 is 125. The lowest BCUT2D eigenvalue weighted by molar-refractivity contribution is -0.138. The van der Waals surface area contributed by atoms with Crippen molar-refractivity contribution in [2.75, 3.05) is 0 Å². The molecule has 0 aliphatic rings. The number of aryl methyl sites for hydroxylation is 3. The van der Waals surface area contributed by atoms with E-state index in [0.29, 0.717) is 87.4 Å². The van der Waals surface area contributed by atoms with Crippen molar-refractivity contribution < 1.29 is 49.7 Å². The molecule has 0 aliphatic carbocycles. The van der Waals surface area contributed by atoms with Gasteiger partial charge in [-0.25, -0.2) is 9.97 Å². The number of hydrogen-bond acceptors (Lipinski definition) is 10. The van der Waals surface area contributed by atoms with Crippen molar-refractivity contribution in [2.45, 2.75) is 64.5 Å². The van der Waals surface area contributed by atoms with Gasteiger partial charge in [0.05, 0.1) is 106 Å². The van der Waals surface area contributed by atoms with Crippen LogP contribution in [0.1, 0.15) is 44.5 Å². The van der Waals surface area contributed by atoms with Crippen molar-refractivity contribution in [3.05, 3.63) is 301 Å². The monoisotopic (exact) mass is 1490 g/mol. The molecule has 111 heavy (non-hydrogen) atoms. The number of rotatable bonds is 10. The van der Waals surface area contributed by atoms with Crippen LogP contribution in [0.3, 0.4) is 0 Å². The van der Waals surface area contributed by atoms with Crippen LogP contribution < -0.4 is 33.4 Å². The van der Waals surface area contributed by atoms with Crippen LogP contribution in [-0.4, -0.2) is 48.4 Å². The van der Waals surface area contributed by atoms with Crippen LogP contribution in [0.25, 0.3) is 152 Å². The van der Waals surface area contributed by atoms with E-state index in [1.807, 2.05) is 67.6 Å². The molecule has 20 aromatic rings. The largest absolute Gasteiger partial charge is 0.494 e. The molecule has 8 aromatic heterocycles. The highest BCUT2D eigenvalue weighted by molar-refractivity contribution is 6.46. The molecule has 0 atom stereocenters. The Kier molecular flexibility index (Phi) is 14.8. The highest BCUT2D eigenvalue weighted by Crippen LogP contribution is 2.50. The molecule has 0 aliphatic heterocycles. The summed E-state index contributed by atoms with van der Waals surface area (Å²) in [6, 6.07) is 49.6. The first-order chi connectivity index (χ1) is 53.2. The van der Waals surface area contributed by atoms with Crippen molar-refractivity contribution in [1.29, 1.82) is 0 Å². The van der Waals surface area contributed by atoms with Gasteiger partial charge in [0.15, 0.2) is 0 Å². The Morgan fingerprint density at radius 1 is 0.315 bits per heavy atom. The quantitative estimate of drug-likeness (QED) is 0.0749. The minimum Gasteiger partial charge on any atom is -0.494 e. The Bertz CT molecular complexity index is 7760. The van der Waals surface area contributed by atoms with Crippen LogP contribution in [0.5, 0.6) is 11.8 Å². The van der Waals surface area contributed by atoms with Crippen molar-refractivity contribution in [1.82, 2.24) is 38.2 Å². The average molecular weight is 1500 g/mol. The molecule has 16 nitrogen and oxygen atoms in total. The topological polar surface area (TPSA) is 220 Å². The van der Waals surface area contributed by atoms with Gasteiger partial charge in [-0.05, 0) is 103 Å². The Morgan fingerprint density at radius 2 is 0.631 bits per heavy atom. The third kappa shape index (κ3) is 10.2. The van der Waals surface area contributed by atoms with E-state index in [9.17, 15) is 78.5 Å². The van der Waals surface area contributed by atoms with Crippen LogP contribution in [0, 0.1) is 6.92 Å². The number of aromatic amines is 2. The first kappa shape index (κ1) is 67.9. The predicted molar refractivity (Wildman–Crippen MR) is 411 cm³/mol. The summed E-state index contributed by atoms with van der Waals surface area (Å²) in [5.74, 6) is -0.965. The van der Waals surface area contributed by atoms with E-state index < -0.39 is 80.3 Å². The molecular weight excluding hydrogens is 1440 g/mol. The van der Waals surface area contributed by atoms with Crippen LogP contribution in [0.2, 0.25) is 0 Å². The summed E-state index contributed by atoms with van der Waals surface area (Å²) in [7, 11) is 0. The SMILES string of the molecule is Cc1ccc(Cn2c(=O)c3c4[nH]c5ccccc5c4c4c(=O)n(Cc5ccc(C(F)(F)F)cc5)c(O)c5c6nc7ccccc7c6c(c2=O)c3c54)cc1.O=c1c2c3c4ccccc4[nH]c3c3c(=O)n(CCc4ccc(C(F)(F)F)cc4)c(=O)c4c5c6ccccc6nc5c(c(O)n1CCc1ccc(C(F)(F)F)cc1)c2c34. The van der Waals surface area contributed by atoms with E-state index in [1.54, 1.807) is 60.7 Å². The molecule has 0 fully saturated rings. The Balaban J connectivity index is 0.000000150. The molecule has 12 aromatic carbocycles. The van der Waals surface area contributed by atoms with Gasteiger partial charge in [0.2, 0.25) is 11.8 Å². The number of para-hydroxylation sites is 4. The van der Waals surface area contributed by atoms with Gasteiger partial charge in [0.25, 0.3) is 33.4 Å². The maximum Gasteiger partial charge on any atom is 0.416 e. The number of fused-ring (bicyclic) bond motifs is 20. The Labute approximate surface area is 613 Å².